The Morgan fingerprint density at radius 3 is 1.33 bits per heavy atom. The lowest BCUT2D eigenvalue weighted by Gasteiger charge is -2.07. The van der Waals surface area contributed by atoms with Gasteiger partial charge in [-0.1, -0.05) is 42.8 Å². The summed E-state index contributed by atoms with van der Waals surface area (Å²) < 4.78 is 0. The van der Waals surface area contributed by atoms with Gasteiger partial charge in [0.2, 0.25) is 11.8 Å². The minimum Gasteiger partial charge on any atom is -0.321 e. The van der Waals surface area contributed by atoms with Crippen LogP contribution in [0.1, 0.15) is 76.4 Å². The number of benzene rings is 2. The summed E-state index contributed by atoms with van der Waals surface area (Å²) >= 11 is 2.76. The van der Waals surface area contributed by atoms with Gasteiger partial charge in [-0.15, -0.1) is 22.7 Å². The molecule has 0 saturated heterocycles. The summed E-state index contributed by atoms with van der Waals surface area (Å²) in [6.45, 7) is 3.59. The first-order valence-corrected chi connectivity index (χ1v) is 16.1. The first-order chi connectivity index (χ1) is 21.8. The molecule has 45 heavy (non-hydrogen) atoms. The largest absolute Gasteiger partial charge is 0.321 e. The van der Waals surface area contributed by atoms with Gasteiger partial charge in [0.15, 0.2) is 0 Å². The number of hydrazone groups is 2. The standard InChI is InChI=1S/C33H34N6O4S2/c1-22(24-12-16-26(17-13-24)34-32(42)28-8-6-20-44-28)36-38-30(40)10-4-3-5-11-31(41)39-37-23(2)25-14-18-27(19-15-25)35-33(43)29-9-7-21-45-29/h6-9,12-21H,3-5,10-11H2,1-2H3,(H,34,42)(H,35,43)(H,38,40)(H,39,41)/b36-22+,37-23+. The minimum absolute atomic E-state index is 0.156. The van der Waals surface area contributed by atoms with Crippen LogP contribution >= 0.6 is 22.7 Å². The molecule has 0 aliphatic heterocycles. The lowest BCUT2D eigenvalue weighted by atomic mass is 10.1. The maximum absolute atomic E-state index is 12.2. The smallest absolute Gasteiger partial charge is 0.265 e. The number of unbranched alkanes of at least 4 members (excludes halogenated alkanes) is 2. The molecule has 4 N–H and O–H groups in total. The molecular formula is C33H34N6O4S2. The van der Waals surface area contributed by atoms with Crippen LogP contribution in [0.5, 0.6) is 0 Å². The number of anilines is 2. The molecule has 0 spiro atoms. The second-order valence-electron chi connectivity index (χ2n) is 10.0. The highest BCUT2D eigenvalue weighted by Crippen LogP contribution is 2.16. The molecule has 0 fully saturated rings. The highest BCUT2D eigenvalue weighted by molar-refractivity contribution is 7.12. The predicted octanol–water partition coefficient (Wildman–Crippen LogP) is 6.65. The summed E-state index contributed by atoms with van der Waals surface area (Å²) in [5, 5.41) is 17.8. The molecule has 2 aromatic carbocycles. The van der Waals surface area contributed by atoms with Gasteiger partial charge in [0.1, 0.15) is 0 Å². The van der Waals surface area contributed by atoms with E-state index in [-0.39, 0.29) is 23.6 Å². The molecule has 4 amide bonds. The molecule has 0 radical (unpaired) electrons. The van der Waals surface area contributed by atoms with Crippen LogP contribution in [0, 0.1) is 0 Å². The van der Waals surface area contributed by atoms with E-state index in [9.17, 15) is 19.2 Å². The molecule has 12 heteroatoms. The Bertz CT molecular complexity index is 1520. The molecule has 0 atom stereocenters. The molecule has 0 saturated carbocycles. The van der Waals surface area contributed by atoms with Crippen molar-refractivity contribution in [3.05, 3.63) is 104 Å². The molecular weight excluding hydrogens is 609 g/mol. The minimum atomic E-state index is -0.198. The van der Waals surface area contributed by atoms with E-state index in [0.29, 0.717) is 64.7 Å². The Kier molecular flexibility index (Phi) is 12.3. The molecule has 2 aromatic heterocycles. The average Bonchev–Trinajstić information content (AvgIpc) is 3.79. The van der Waals surface area contributed by atoms with E-state index >= 15 is 0 Å². The van der Waals surface area contributed by atoms with Crippen molar-refractivity contribution < 1.29 is 19.2 Å². The van der Waals surface area contributed by atoms with E-state index in [1.165, 1.54) is 22.7 Å². The highest BCUT2D eigenvalue weighted by Gasteiger charge is 2.09. The highest BCUT2D eigenvalue weighted by atomic mass is 32.1. The van der Waals surface area contributed by atoms with Crippen LogP contribution in [-0.2, 0) is 9.59 Å². The monoisotopic (exact) mass is 642 g/mol. The fourth-order valence-electron chi connectivity index (χ4n) is 4.07. The fraction of sp³-hybridized carbons (Fsp3) is 0.212. The van der Waals surface area contributed by atoms with Crippen molar-refractivity contribution >= 4 is 69.1 Å². The molecule has 4 rings (SSSR count). The third kappa shape index (κ3) is 10.6. The van der Waals surface area contributed by atoms with Gasteiger partial charge in [0.25, 0.3) is 11.8 Å². The number of thiophene rings is 2. The Morgan fingerprint density at radius 1 is 0.578 bits per heavy atom. The molecule has 0 unspecified atom stereocenters. The third-order valence-electron chi connectivity index (χ3n) is 6.62. The van der Waals surface area contributed by atoms with Crippen molar-refractivity contribution in [2.45, 2.75) is 46.0 Å². The SMILES string of the molecule is C/C(=N\NC(=O)CCCCCC(=O)N/N=C(\C)c1ccc(NC(=O)c2cccs2)cc1)c1ccc(NC(=O)c2cccs2)cc1. The lowest BCUT2D eigenvalue weighted by molar-refractivity contribution is -0.121. The Labute approximate surface area is 269 Å². The van der Waals surface area contributed by atoms with Crippen LogP contribution in [0.2, 0.25) is 0 Å². The summed E-state index contributed by atoms with van der Waals surface area (Å²) in [5.74, 6) is -0.708. The quantitative estimate of drug-likeness (QED) is 0.0695. The van der Waals surface area contributed by atoms with Crippen molar-refractivity contribution in [1.82, 2.24) is 10.9 Å². The first kappa shape index (κ1) is 33.0. The number of carbonyl (C=O) groups is 4. The number of hydrogen-bond acceptors (Lipinski definition) is 8. The van der Waals surface area contributed by atoms with Gasteiger partial charge in [0.05, 0.1) is 21.2 Å². The summed E-state index contributed by atoms with van der Waals surface area (Å²) in [4.78, 5) is 50.1. The van der Waals surface area contributed by atoms with E-state index < -0.39 is 0 Å². The molecule has 232 valence electrons. The van der Waals surface area contributed by atoms with Crippen LogP contribution in [-0.4, -0.2) is 35.1 Å². The molecule has 10 nitrogen and oxygen atoms in total. The van der Waals surface area contributed by atoms with E-state index in [0.717, 1.165) is 11.1 Å². The van der Waals surface area contributed by atoms with Crippen LogP contribution in [0.4, 0.5) is 11.4 Å². The Balaban J connectivity index is 1.09. The number of carbonyl (C=O) groups excluding carboxylic acids is 4. The van der Waals surface area contributed by atoms with Crippen molar-refractivity contribution in [1.29, 1.82) is 0 Å². The number of hydrogen-bond donors (Lipinski definition) is 4. The van der Waals surface area contributed by atoms with Crippen LogP contribution < -0.4 is 21.5 Å². The second-order valence-corrected chi connectivity index (χ2v) is 11.9. The fourth-order valence-corrected chi connectivity index (χ4v) is 5.31. The van der Waals surface area contributed by atoms with Crippen molar-refractivity contribution in [2.24, 2.45) is 10.2 Å². The lowest BCUT2D eigenvalue weighted by Crippen LogP contribution is -2.19. The zero-order valence-electron chi connectivity index (χ0n) is 25.0. The van der Waals surface area contributed by atoms with E-state index in [1.807, 2.05) is 47.2 Å². The molecule has 0 aliphatic rings. The van der Waals surface area contributed by atoms with E-state index in [1.54, 1.807) is 50.2 Å². The van der Waals surface area contributed by atoms with Crippen molar-refractivity contribution in [2.75, 3.05) is 10.6 Å². The van der Waals surface area contributed by atoms with Crippen LogP contribution in [0.25, 0.3) is 0 Å². The van der Waals surface area contributed by atoms with Gasteiger partial charge < -0.3 is 10.6 Å². The molecule has 0 bridgehead atoms. The van der Waals surface area contributed by atoms with Crippen molar-refractivity contribution in [3.63, 3.8) is 0 Å². The van der Waals surface area contributed by atoms with Gasteiger partial charge in [0, 0.05) is 24.2 Å². The summed E-state index contributed by atoms with van der Waals surface area (Å²) in [5.41, 5.74) is 9.43. The zero-order valence-corrected chi connectivity index (χ0v) is 26.6. The van der Waals surface area contributed by atoms with Gasteiger partial charge in [-0.2, -0.15) is 10.2 Å². The Morgan fingerprint density at radius 2 is 0.978 bits per heavy atom. The predicted molar refractivity (Wildman–Crippen MR) is 181 cm³/mol. The number of nitrogens with zero attached hydrogens (tertiary/aromatic N) is 2. The van der Waals surface area contributed by atoms with Gasteiger partial charge in [-0.3, -0.25) is 19.2 Å². The number of nitrogens with one attached hydrogen (secondary N) is 4. The topological polar surface area (TPSA) is 141 Å². The molecule has 0 aliphatic carbocycles. The average molecular weight is 643 g/mol. The maximum atomic E-state index is 12.2. The second kappa shape index (κ2) is 16.8. The normalized spacial score (nSPS) is 11.5. The maximum Gasteiger partial charge on any atom is 0.265 e. The van der Waals surface area contributed by atoms with Crippen LogP contribution in [0.3, 0.4) is 0 Å². The molecule has 2 heterocycles. The Hall–Kier alpha value is -4.94. The zero-order chi connectivity index (χ0) is 32.0. The molecule has 4 aromatic rings. The van der Waals surface area contributed by atoms with Crippen LogP contribution in [0.15, 0.2) is 93.8 Å². The third-order valence-corrected chi connectivity index (χ3v) is 8.35. The summed E-state index contributed by atoms with van der Waals surface area (Å²) in [6.07, 6.45) is 2.57. The summed E-state index contributed by atoms with van der Waals surface area (Å²) in [6, 6.07) is 21.7. The summed E-state index contributed by atoms with van der Waals surface area (Å²) in [7, 11) is 0. The van der Waals surface area contributed by atoms with E-state index in [4.69, 9.17) is 0 Å². The van der Waals surface area contributed by atoms with E-state index in [2.05, 4.69) is 31.7 Å². The van der Waals surface area contributed by atoms with Gasteiger partial charge in [-0.05, 0) is 85.0 Å². The number of amides is 4. The van der Waals surface area contributed by atoms with Gasteiger partial charge >= 0.3 is 0 Å². The van der Waals surface area contributed by atoms with Gasteiger partial charge in [-0.25, -0.2) is 10.9 Å². The number of rotatable bonds is 14. The first-order valence-electron chi connectivity index (χ1n) is 14.4. The van der Waals surface area contributed by atoms with Crippen molar-refractivity contribution in [3.8, 4) is 0 Å².